The van der Waals surface area contributed by atoms with Crippen LogP contribution in [0.15, 0.2) is 12.4 Å². The van der Waals surface area contributed by atoms with Crippen LogP contribution < -0.4 is 10.6 Å². The summed E-state index contributed by atoms with van der Waals surface area (Å²) in [7, 11) is 1.92. The molecule has 18 heavy (non-hydrogen) atoms. The monoisotopic (exact) mass is 250 g/mol. The normalized spacial score (nSPS) is 16.6. The highest BCUT2D eigenvalue weighted by Gasteiger charge is 2.22. The lowest BCUT2D eigenvalue weighted by atomic mass is 10.2. The van der Waals surface area contributed by atoms with Crippen LogP contribution in [0.3, 0.4) is 0 Å². The average Bonchev–Trinajstić information content (AvgIpc) is 3.03. The van der Waals surface area contributed by atoms with E-state index in [9.17, 15) is 4.79 Å². The highest BCUT2D eigenvalue weighted by atomic mass is 16.1. The summed E-state index contributed by atoms with van der Waals surface area (Å²) in [5.74, 6) is 0.188. The summed E-state index contributed by atoms with van der Waals surface area (Å²) in [5, 5.41) is 10.5. The molecule has 0 spiro atoms. The average molecular weight is 250 g/mol. The molecule has 1 fully saturated rings. The molecule has 1 heterocycles. The molecule has 1 aromatic heterocycles. The van der Waals surface area contributed by atoms with Crippen molar-refractivity contribution in [1.29, 1.82) is 0 Å². The number of aromatic nitrogens is 2. The Hall–Kier alpha value is -1.36. The standard InChI is InChI=1S/C13H22N4O/c1-10(11-8-15-17(2)9-11)14-7-3-4-13(18)16-12-5-6-12/h8-10,12,14H,3-7H2,1-2H3,(H,16,18). The molecule has 5 heteroatoms. The van der Waals surface area contributed by atoms with E-state index >= 15 is 0 Å². The van der Waals surface area contributed by atoms with Gasteiger partial charge in [-0.2, -0.15) is 5.10 Å². The van der Waals surface area contributed by atoms with Crippen molar-refractivity contribution in [3.05, 3.63) is 18.0 Å². The smallest absolute Gasteiger partial charge is 0.220 e. The number of nitrogens with zero attached hydrogens (tertiary/aromatic N) is 2. The highest BCUT2D eigenvalue weighted by Crippen LogP contribution is 2.18. The summed E-state index contributed by atoms with van der Waals surface area (Å²) in [4.78, 5) is 11.5. The zero-order chi connectivity index (χ0) is 13.0. The molecule has 1 saturated carbocycles. The van der Waals surface area contributed by atoms with Gasteiger partial charge >= 0.3 is 0 Å². The Balaban J connectivity index is 1.58. The molecular weight excluding hydrogens is 228 g/mol. The Kier molecular flexibility index (Phi) is 4.36. The second-order valence-corrected chi connectivity index (χ2v) is 5.07. The molecule has 1 aromatic rings. The van der Waals surface area contributed by atoms with Gasteiger partial charge in [0.25, 0.3) is 0 Å². The third-order valence-corrected chi connectivity index (χ3v) is 3.20. The Morgan fingerprint density at radius 3 is 3.00 bits per heavy atom. The fourth-order valence-electron chi connectivity index (χ4n) is 1.88. The van der Waals surface area contributed by atoms with E-state index in [0.717, 1.165) is 25.8 Å². The molecule has 0 bridgehead atoms. The minimum Gasteiger partial charge on any atom is -0.353 e. The number of nitrogens with one attached hydrogen (secondary N) is 2. The topological polar surface area (TPSA) is 59.0 Å². The Morgan fingerprint density at radius 1 is 1.61 bits per heavy atom. The summed E-state index contributed by atoms with van der Waals surface area (Å²) in [6, 6.07) is 0.755. The molecule has 100 valence electrons. The zero-order valence-electron chi connectivity index (χ0n) is 11.1. The van der Waals surface area contributed by atoms with Crippen LogP contribution in [-0.2, 0) is 11.8 Å². The van der Waals surface area contributed by atoms with Gasteiger partial charge in [-0.05, 0) is 32.7 Å². The first-order valence-electron chi connectivity index (χ1n) is 6.66. The molecule has 1 aliphatic rings. The van der Waals surface area contributed by atoms with Gasteiger partial charge in [-0.3, -0.25) is 9.48 Å². The first kappa shape index (κ1) is 13.1. The van der Waals surface area contributed by atoms with Gasteiger partial charge in [0.2, 0.25) is 5.91 Å². The van der Waals surface area contributed by atoms with E-state index in [1.54, 1.807) is 4.68 Å². The van der Waals surface area contributed by atoms with Crippen molar-refractivity contribution in [1.82, 2.24) is 20.4 Å². The molecule has 0 radical (unpaired) electrons. The van der Waals surface area contributed by atoms with Crippen molar-refractivity contribution in [3.63, 3.8) is 0 Å². The van der Waals surface area contributed by atoms with Crippen LogP contribution in [0.1, 0.15) is 44.2 Å². The number of amides is 1. The predicted molar refractivity (Wildman–Crippen MR) is 70.0 cm³/mol. The van der Waals surface area contributed by atoms with E-state index in [2.05, 4.69) is 22.7 Å². The van der Waals surface area contributed by atoms with Crippen molar-refractivity contribution in [2.75, 3.05) is 6.54 Å². The zero-order valence-corrected chi connectivity index (χ0v) is 11.1. The molecule has 0 aromatic carbocycles. The molecular formula is C13H22N4O. The van der Waals surface area contributed by atoms with Crippen molar-refractivity contribution < 1.29 is 4.79 Å². The van der Waals surface area contributed by atoms with Gasteiger partial charge in [0.15, 0.2) is 0 Å². The van der Waals surface area contributed by atoms with Crippen molar-refractivity contribution in [3.8, 4) is 0 Å². The van der Waals surface area contributed by atoms with Crippen LogP contribution in [0, 0.1) is 0 Å². The summed E-state index contributed by atoms with van der Waals surface area (Å²) in [6.45, 7) is 2.97. The third kappa shape index (κ3) is 4.14. The summed E-state index contributed by atoms with van der Waals surface area (Å²) < 4.78 is 1.80. The first-order valence-corrected chi connectivity index (χ1v) is 6.66. The minimum atomic E-state index is 0.188. The molecule has 1 unspecified atom stereocenters. The number of carbonyl (C=O) groups is 1. The lowest BCUT2D eigenvalue weighted by molar-refractivity contribution is -0.121. The quantitative estimate of drug-likeness (QED) is 0.713. The maximum Gasteiger partial charge on any atom is 0.220 e. The van der Waals surface area contributed by atoms with Gasteiger partial charge in [-0.15, -0.1) is 0 Å². The van der Waals surface area contributed by atoms with E-state index in [1.807, 2.05) is 19.4 Å². The molecule has 1 aliphatic carbocycles. The van der Waals surface area contributed by atoms with Crippen LogP contribution in [0.5, 0.6) is 0 Å². The van der Waals surface area contributed by atoms with E-state index in [0.29, 0.717) is 12.5 Å². The number of rotatable bonds is 7. The maximum absolute atomic E-state index is 11.5. The summed E-state index contributed by atoms with van der Waals surface area (Å²) in [5.41, 5.74) is 1.18. The van der Waals surface area contributed by atoms with Gasteiger partial charge in [0, 0.05) is 37.3 Å². The van der Waals surface area contributed by atoms with Crippen LogP contribution >= 0.6 is 0 Å². The molecule has 0 saturated heterocycles. The van der Waals surface area contributed by atoms with Gasteiger partial charge in [-0.1, -0.05) is 0 Å². The fraction of sp³-hybridized carbons (Fsp3) is 0.692. The van der Waals surface area contributed by atoms with Crippen molar-refractivity contribution >= 4 is 5.91 Å². The second-order valence-electron chi connectivity index (χ2n) is 5.07. The van der Waals surface area contributed by atoms with E-state index in [1.165, 1.54) is 5.56 Å². The van der Waals surface area contributed by atoms with Crippen molar-refractivity contribution in [2.24, 2.45) is 7.05 Å². The van der Waals surface area contributed by atoms with Crippen LogP contribution in [0.2, 0.25) is 0 Å². The predicted octanol–water partition coefficient (Wildman–Crippen LogP) is 1.13. The lowest BCUT2D eigenvalue weighted by Crippen LogP contribution is -2.27. The highest BCUT2D eigenvalue weighted by molar-refractivity contribution is 5.76. The molecule has 1 atom stereocenters. The minimum absolute atomic E-state index is 0.188. The fourth-order valence-corrected chi connectivity index (χ4v) is 1.88. The Labute approximate surface area is 108 Å². The lowest BCUT2D eigenvalue weighted by Gasteiger charge is -2.11. The van der Waals surface area contributed by atoms with E-state index in [-0.39, 0.29) is 11.9 Å². The Morgan fingerprint density at radius 2 is 2.39 bits per heavy atom. The molecule has 2 rings (SSSR count). The van der Waals surface area contributed by atoms with Gasteiger partial charge in [0.05, 0.1) is 6.20 Å². The molecule has 2 N–H and O–H groups in total. The second kappa shape index (κ2) is 6.00. The number of hydrogen-bond donors (Lipinski definition) is 2. The van der Waals surface area contributed by atoms with Crippen LogP contribution in [0.4, 0.5) is 0 Å². The summed E-state index contributed by atoms with van der Waals surface area (Å²) >= 11 is 0. The van der Waals surface area contributed by atoms with Crippen LogP contribution in [-0.4, -0.2) is 28.3 Å². The van der Waals surface area contributed by atoms with Gasteiger partial charge in [0.1, 0.15) is 0 Å². The summed E-state index contributed by atoms with van der Waals surface area (Å²) in [6.07, 6.45) is 7.69. The molecule has 0 aliphatic heterocycles. The van der Waals surface area contributed by atoms with Gasteiger partial charge in [-0.25, -0.2) is 0 Å². The van der Waals surface area contributed by atoms with E-state index < -0.39 is 0 Å². The van der Waals surface area contributed by atoms with Crippen LogP contribution in [0.25, 0.3) is 0 Å². The van der Waals surface area contributed by atoms with Gasteiger partial charge < -0.3 is 10.6 Å². The largest absolute Gasteiger partial charge is 0.353 e. The molecule has 5 nitrogen and oxygen atoms in total. The Bertz CT molecular complexity index is 397. The third-order valence-electron chi connectivity index (χ3n) is 3.20. The number of carbonyl (C=O) groups excluding carboxylic acids is 1. The SMILES string of the molecule is CC(NCCCC(=O)NC1CC1)c1cnn(C)c1. The van der Waals surface area contributed by atoms with E-state index in [4.69, 9.17) is 0 Å². The number of hydrogen-bond acceptors (Lipinski definition) is 3. The van der Waals surface area contributed by atoms with Crippen molar-refractivity contribution in [2.45, 2.75) is 44.7 Å². The molecule has 1 amide bonds. The number of aryl methyl sites for hydroxylation is 1. The maximum atomic E-state index is 11.5. The first-order chi connectivity index (χ1) is 8.65.